The molecular formula is C20H17FN2O3. The molecule has 0 saturated carbocycles. The minimum absolute atomic E-state index is 0.0608. The van der Waals surface area contributed by atoms with Crippen molar-refractivity contribution in [2.45, 2.75) is 20.0 Å². The van der Waals surface area contributed by atoms with E-state index in [2.05, 4.69) is 10.3 Å². The molecule has 5 nitrogen and oxygen atoms in total. The van der Waals surface area contributed by atoms with Crippen LogP contribution in [0.2, 0.25) is 0 Å². The van der Waals surface area contributed by atoms with E-state index in [9.17, 15) is 14.0 Å². The average molecular weight is 352 g/mol. The third-order valence-corrected chi connectivity index (χ3v) is 3.65. The van der Waals surface area contributed by atoms with Gasteiger partial charge in [-0.25, -0.2) is 9.18 Å². The molecule has 1 aromatic heterocycles. The van der Waals surface area contributed by atoms with Gasteiger partial charge < -0.3 is 10.1 Å². The summed E-state index contributed by atoms with van der Waals surface area (Å²) in [6, 6.07) is 12.4. The molecule has 0 aliphatic rings. The Hall–Kier alpha value is -3.28. The van der Waals surface area contributed by atoms with E-state index in [4.69, 9.17) is 4.74 Å². The number of anilines is 1. The second-order valence-electron chi connectivity index (χ2n) is 5.98. The van der Waals surface area contributed by atoms with Gasteiger partial charge in [-0.3, -0.25) is 9.78 Å². The van der Waals surface area contributed by atoms with Crippen molar-refractivity contribution in [1.29, 1.82) is 0 Å². The Morgan fingerprint density at radius 3 is 2.62 bits per heavy atom. The van der Waals surface area contributed by atoms with Gasteiger partial charge in [0.1, 0.15) is 11.5 Å². The lowest BCUT2D eigenvalue weighted by atomic mass is 10.0. The smallest absolute Gasteiger partial charge is 0.339 e. The number of fused-ring (bicyclic) bond motifs is 1. The maximum Gasteiger partial charge on any atom is 0.339 e. The monoisotopic (exact) mass is 352 g/mol. The van der Waals surface area contributed by atoms with Crippen LogP contribution >= 0.6 is 0 Å². The summed E-state index contributed by atoms with van der Waals surface area (Å²) in [5, 5.41) is 3.64. The van der Waals surface area contributed by atoms with Gasteiger partial charge in [-0.2, -0.15) is 0 Å². The zero-order chi connectivity index (χ0) is 18.7. The number of nitrogens with one attached hydrogen (secondary N) is 1. The molecule has 0 saturated heterocycles. The van der Waals surface area contributed by atoms with Gasteiger partial charge >= 0.3 is 5.97 Å². The van der Waals surface area contributed by atoms with E-state index in [0.717, 1.165) is 6.07 Å². The number of benzene rings is 2. The topological polar surface area (TPSA) is 68.3 Å². The SMILES string of the molecule is CC(C)OC(=O)c1cc(F)cc2cccc(NC(=O)c3ccccn3)c12. The highest BCUT2D eigenvalue weighted by Crippen LogP contribution is 2.29. The van der Waals surface area contributed by atoms with Crippen molar-refractivity contribution < 1.29 is 18.7 Å². The molecule has 3 rings (SSSR count). The first-order chi connectivity index (χ1) is 12.5. The number of carbonyl (C=O) groups excluding carboxylic acids is 2. The predicted octanol–water partition coefficient (Wildman–Crippen LogP) is 4.19. The molecule has 0 bridgehead atoms. The highest BCUT2D eigenvalue weighted by Gasteiger charge is 2.19. The number of pyridine rings is 1. The van der Waals surface area contributed by atoms with E-state index in [1.807, 2.05) is 0 Å². The van der Waals surface area contributed by atoms with Gasteiger partial charge in [0, 0.05) is 17.3 Å². The number of carbonyl (C=O) groups is 2. The Morgan fingerprint density at radius 2 is 1.92 bits per heavy atom. The van der Waals surface area contributed by atoms with Gasteiger partial charge in [0.25, 0.3) is 5.91 Å². The lowest BCUT2D eigenvalue weighted by molar-refractivity contribution is 0.0379. The molecule has 6 heteroatoms. The molecule has 0 radical (unpaired) electrons. The van der Waals surface area contributed by atoms with Crippen LogP contribution < -0.4 is 5.32 Å². The highest BCUT2D eigenvalue weighted by atomic mass is 19.1. The summed E-state index contributed by atoms with van der Waals surface area (Å²) < 4.78 is 19.2. The standard InChI is InChI=1S/C20H17FN2O3/c1-12(2)26-20(25)15-11-14(21)10-13-6-5-8-16(18(13)15)23-19(24)17-7-3-4-9-22-17/h3-12H,1-2H3,(H,23,24). The molecule has 0 spiro atoms. The first-order valence-corrected chi connectivity index (χ1v) is 8.11. The van der Waals surface area contributed by atoms with E-state index in [0.29, 0.717) is 16.5 Å². The Labute approximate surface area is 149 Å². The van der Waals surface area contributed by atoms with Crippen LogP contribution in [0.15, 0.2) is 54.7 Å². The molecule has 0 unspecified atom stereocenters. The normalized spacial score (nSPS) is 10.8. The van der Waals surface area contributed by atoms with Gasteiger partial charge in [-0.15, -0.1) is 0 Å². The largest absolute Gasteiger partial charge is 0.459 e. The zero-order valence-corrected chi connectivity index (χ0v) is 14.3. The third kappa shape index (κ3) is 3.69. The van der Waals surface area contributed by atoms with Gasteiger partial charge in [-0.05, 0) is 49.6 Å². The average Bonchev–Trinajstić information content (AvgIpc) is 2.61. The summed E-state index contributed by atoms with van der Waals surface area (Å²) in [6.07, 6.45) is 1.16. The summed E-state index contributed by atoms with van der Waals surface area (Å²) in [5.41, 5.74) is 0.678. The number of rotatable bonds is 4. The van der Waals surface area contributed by atoms with Gasteiger partial charge in [0.05, 0.1) is 11.7 Å². The van der Waals surface area contributed by atoms with Crippen molar-refractivity contribution in [3.05, 3.63) is 71.8 Å². The minimum atomic E-state index is -0.649. The van der Waals surface area contributed by atoms with Crippen LogP contribution in [-0.4, -0.2) is 23.0 Å². The summed E-state index contributed by atoms with van der Waals surface area (Å²) in [7, 11) is 0. The highest BCUT2D eigenvalue weighted by molar-refractivity contribution is 6.14. The zero-order valence-electron chi connectivity index (χ0n) is 14.3. The second-order valence-corrected chi connectivity index (χ2v) is 5.98. The molecule has 1 heterocycles. The van der Waals surface area contributed by atoms with Crippen molar-refractivity contribution >= 4 is 28.3 Å². The Bertz CT molecular complexity index is 971. The van der Waals surface area contributed by atoms with E-state index in [1.54, 1.807) is 50.2 Å². The minimum Gasteiger partial charge on any atom is -0.459 e. The number of halogens is 1. The van der Waals surface area contributed by atoms with E-state index in [1.165, 1.54) is 12.3 Å². The van der Waals surface area contributed by atoms with E-state index < -0.39 is 17.7 Å². The number of esters is 1. The first kappa shape index (κ1) is 17.5. The lowest BCUT2D eigenvalue weighted by Crippen LogP contribution is -2.16. The molecule has 132 valence electrons. The molecule has 0 aliphatic heterocycles. The van der Waals surface area contributed by atoms with E-state index in [-0.39, 0.29) is 17.4 Å². The quantitative estimate of drug-likeness (QED) is 0.715. The second kappa shape index (κ2) is 7.31. The predicted molar refractivity (Wildman–Crippen MR) is 96.6 cm³/mol. The lowest BCUT2D eigenvalue weighted by Gasteiger charge is -2.14. The fourth-order valence-corrected chi connectivity index (χ4v) is 2.62. The summed E-state index contributed by atoms with van der Waals surface area (Å²) >= 11 is 0. The third-order valence-electron chi connectivity index (χ3n) is 3.65. The summed E-state index contributed by atoms with van der Waals surface area (Å²) in [5.74, 6) is -1.63. The van der Waals surface area contributed by atoms with Crippen molar-refractivity contribution in [3.63, 3.8) is 0 Å². The van der Waals surface area contributed by atoms with Crippen LogP contribution in [0.25, 0.3) is 10.8 Å². The van der Waals surface area contributed by atoms with Crippen molar-refractivity contribution in [2.75, 3.05) is 5.32 Å². The maximum absolute atomic E-state index is 13.9. The Kier molecular flexibility index (Phi) is 4.93. The van der Waals surface area contributed by atoms with Crippen LogP contribution in [0.1, 0.15) is 34.7 Å². The number of hydrogen-bond donors (Lipinski definition) is 1. The first-order valence-electron chi connectivity index (χ1n) is 8.11. The molecule has 1 amide bonds. The maximum atomic E-state index is 13.9. The van der Waals surface area contributed by atoms with Gasteiger partial charge in [-0.1, -0.05) is 18.2 Å². The molecule has 0 aliphatic carbocycles. The van der Waals surface area contributed by atoms with Crippen molar-refractivity contribution in [1.82, 2.24) is 4.98 Å². The van der Waals surface area contributed by atoms with Crippen LogP contribution in [0.4, 0.5) is 10.1 Å². The van der Waals surface area contributed by atoms with Crippen LogP contribution in [0, 0.1) is 5.82 Å². The molecular weight excluding hydrogens is 335 g/mol. The van der Waals surface area contributed by atoms with Crippen LogP contribution in [0.3, 0.4) is 0 Å². The fourth-order valence-electron chi connectivity index (χ4n) is 2.62. The van der Waals surface area contributed by atoms with Crippen molar-refractivity contribution in [3.8, 4) is 0 Å². The number of nitrogens with zero attached hydrogens (tertiary/aromatic N) is 1. The summed E-state index contributed by atoms with van der Waals surface area (Å²) in [4.78, 5) is 28.8. The number of aromatic nitrogens is 1. The summed E-state index contributed by atoms with van der Waals surface area (Å²) in [6.45, 7) is 3.42. The number of hydrogen-bond acceptors (Lipinski definition) is 4. The molecule has 0 fully saturated rings. The molecule has 1 N–H and O–H groups in total. The number of amides is 1. The van der Waals surface area contributed by atoms with Gasteiger partial charge in [0.15, 0.2) is 0 Å². The molecule has 2 aromatic carbocycles. The fraction of sp³-hybridized carbons (Fsp3) is 0.150. The Morgan fingerprint density at radius 1 is 1.12 bits per heavy atom. The van der Waals surface area contributed by atoms with Crippen molar-refractivity contribution in [2.24, 2.45) is 0 Å². The molecule has 26 heavy (non-hydrogen) atoms. The van der Waals surface area contributed by atoms with E-state index >= 15 is 0 Å². The number of ether oxygens (including phenoxy) is 1. The molecule has 0 atom stereocenters. The Balaban J connectivity index is 2.08. The van der Waals surface area contributed by atoms with Crippen LogP contribution in [-0.2, 0) is 4.74 Å². The van der Waals surface area contributed by atoms with Crippen LogP contribution in [0.5, 0.6) is 0 Å². The van der Waals surface area contributed by atoms with Gasteiger partial charge in [0.2, 0.25) is 0 Å². The molecule has 3 aromatic rings.